The van der Waals surface area contributed by atoms with Crippen LogP contribution in [0.25, 0.3) is 0 Å². The molecule has 0 aliphatic carbocycles. The largest absolute Gasteiger partial charge is 0.480 e. The Bertz CT molecular complexity index is 434. The van der Waals surface area contributed by atoms with Crippen LogP contribution in [0.2, 0.25) is 5.02 Å². The molecule has 0 radical (unpaired) electrons. The van der Waals surface area contributed by atoms with Crippen LogP contribution >= 0.6 is 11.6 Å². The predicted octanol–water partition coefficient (Wildman–Crippen LogP) is 3.38. The second-order valence-corrected chi connectivity index (χ2v) is 5.25. The van der Waals surface area contributed by atoms with Gasteiger partial charge in [-0.25, -0.2) is 0 Å². The van der Waals surface area contributed by atoms with Gasteiger partial charge in [0.15, 0.2) is 0 Å². The van der Waals surface area contributed by atoms with Crippen molar-refractivity contribution in [1.29, 1.82) is 0 Å². The predicted molar refractivity (Wildman–Crippen MR) is 74.0 cm³/mol. The molecule has 100 valence electrons. The molecule has 1 aromatic rings. The van der Waals surface area contributed by atoms with E-state index in [1.54, 1.807) is 6.92 Å². The van der Waals surface area contributed by atoms with Crippen LogP contribution in [0.4, 0.5) is 0 Å². The zero-order chi connectivity index (χ0) is 13.8. The molecule has 0 amide bonds. The van der Waals surface area contributed by atoms with Gasteiger partial charge in [0.2, 0.25) is 0 Å². The lowest BCUT2D eigenvalue weighted by Crippen LogP contribution is -2.49. The van der Waals surface area contributed by atoms with Crippen LogP contribution in [0.3, 0.4) is 0 Å². The second-order valence-electron chi connectivity index (χ2n) is 4.81. The average Bonchev–Trinajstić information content (AvgIpc) is 2.28. The van der Waals surface area contributed by atoms with Gasteiger partial charge in [-0.1, -0.05) is 31.0 Å². The number of hydrogen-bond donors (Lipinski definition) is 2. The first-order valence-electron chi connectivity index (χ1n) is 6.12. The van der Waals surface area contributed by atoms with Crippen molar-refractivity contribution < 1.29 is 9.90 Å². The zero-order valence-corrected chi connectivity index (χ0v) is 11.8. The van der Waals surface area contributed by atoms with Crippen molar-refractivity contribution in [3.8, 4) is 0 Å². The number of halogens is 1. The molecule has 0 fully saturated rings. The van der Waals surface area contributed by atoms with Crippen molar-refractivity contribution in [2.24, 2.45) is 0 Å². The Labute approximate surface area is 113 Å². The SMILES string of the molecule is CCCC(C)(NCc1ccc(Cl)cc1C)C(=O)O. The van der Waals surface area contributed by atoms with Crippen LogP contribution in [-0.4, -0.2) is 16.6 Å². The molecule has 1 aromatic carbocycles. The Morgan fingerprint density at radius 3 is 2.67 bits per heavy atom. The summed E-state index contributed by atoms with van der Waals surface area (Å²) in [4.78, 5) is 11.3. The second kappa shape index (κ2) is 6.21. The van der Waals surface area contributed by atoms with Gasteiger partial charge in [0, 0.05) is 11.6 Å². The normalized spacial score (nSPS) is 14.2. The molecule has 2 N–H and O–H groups in total. The van der Waals surface area contributed by atoms with E-state index < -0.39 is 11.5 Å². The van der Waals surface area contributed by atoms with Crippen LogP contribution in [0.1, 0.15) is 37.8 Å². The highest BCUT2D eigenvalue weighted by atomic mass is 35.5. The summed E-state index contributed by atoms with van der Waals surface area (Å²) in [5, 5.41) is 13.1. The van der Waals surface area contributed by atoms with E-state index >= 15 is 0 Å². The third-order valence-corrected chi connectivity index (χ3v) is 3.43. The Morgan fingerprint density at radius 1 is 1.50 bits per heavy atom. The molecule has 0 aromatic heterocycles. The van der Waals surface area contributed by atoms with Crippen LogP contribution < -0.4 is 5.32 Å². The smallest absolute Gasteiger partial charge is 0.323 e. The molecule has 1 atom stereocenters. The molecule has 0 bridgehead atoms. The summed E-state index contributed by atoms with van der Waals surface area (Å²) < 4.78 is 0. The van der Waals surface area contributed by atoms with Crippen molar-refractivity contribution in [1.82, 2.24) is 5.32 Å². The fourth-order valence-electron chi connectivity index (χ4n) is 1.92. The minimum atomic E-state index is -0.874. The van der Waals surface area contributed by atoms with E-state index in [1.807, 2.05) is 32.0 Å². The Balaban J connectivity index is 2.76. The number of carboxylic acids is 1. The van der Waals surface area contributed by atoms with E-state index in [-0.39, 0.29) is 0 Å². The maximum Gasteiger partial charge on any atom is 0.323 e. The summed E-state index contributed by atoms with van der Waals surface area (Å²) in [6, 6.07) is 5.64. The molecule has 1 unspecified atom stereocenters. The zero-order valence-electron chi connectivity index (χ0n) is 11.1. The summed E-state index contributed by atoms with van der Waals surface area (Å²) in [6.07, 6.45) is 1.43. The van der Waals surface area contributed by atoms with Gasteiger partial charge in [0.1, 0.15) is 5.54 Å². The molecule has 4 heteroatoms. The molecule has 0 aliphatic heterocycles. The number of benzene rings is 1. The number of aliphatic carboxylic acids is 1. The number of nitrogens with one attached hydrogen (secondary N) is 1. The summed E-state index contributed by atoms with van der Waals surface area (Å²) >= 11 is 5.89. The summed E-state index contributed by atoms with van der Waals surface area (Å²) in [6.45, 7) is 6.22. The molecule has 18 heavy (non-hydrogen) atoms. The van der Waals surface area contributed by atoms with Gasteiger partial charge in [-0.2, -0.15) is 0 Å². The third-order valence-electron chi connectivity index (χ3n) is 3.20. The number of carbonyl (C=O) groups is 1. The quantitative estimate of drug-likeness (QED) is 0.832. The summed E-state index contributed by atoms with van der Waals surface area (Å²) in [7, 11) is 0. The van der Waals surface area contributed by atoms with E-state index in [4.69, 9.17) is 11.6 Å². The highest BCUT2D eigenvalue weighted by molar-refractivity contribution is 6.30. The lowest BCUT2D eigenvalue weighted by atomic mass is 9.95. The van der Waals surface area contributed by atoms with Crippen molar-refractivity contribution in [3.63, 3.8) is 0 Å². The first kappa shape index (κ1) is 15.0. The standard InChI is InChI=1S/C14H20ClNO2/c1-4-7-14(3,13(17)18)16-9-11-5-6-12(15)8-10(11)2/h5-6,8,16H,4,7,9H2,1-3H3,(H,17,18). The minimum Gasteiger partial charge on any atom is -0.480 e. The lowest BCUT2D eigenvalue weighted by molar-refractivity contribution is -0.144. The maximum atomic E-state index is 11.3. The van der Waals surface area contributed by atoms with Gasteiger partial charge in [-0.05, 0) is 43.5 Å². The molecule has 0 saturated carbocycles. The monoisotopic (exact) mass is 269 g/mol. The highest BCUT2D eigenvalue weighted by Gasteiger charge is 2.31. The van der Waals surface area contributed by atoms with Gasteiger partial charge in [-0.15, -0.1) is 0 Å². The van der Waals surface area contributed by atoms with Gasteiger partial charge in [0.05, 0.1) is 0 Å². The lowest BCUT2D eigenvalue weighted by Gasteiger charge is -2.26. The van der Waals surface area contributed by atoms with E-state index in [0.717, 1.165) is 17.5 Å². The van der Waals surface area contributed by atoms with E-state index in [2.05, 4.69) is 5.32 Å². The molecule has 0 saturated heterocycles. The Kier molecular flexibility index (Phi) is 5.17. The van der Waals surface area contributed by atoms with Crippen LogP contribution in [0.15, 0.2) is 18.2 Å². The number of aryl methyl sites for hydroxylation is 1. The van der Waals surface area contributed by atoms with E-state index in [0.29, 0.717) is 18.0 Å². The topological polar surface area (TPSA) is 49.3 Å². The number of carboxylic acid groups (broad SMARTS) is 1. The Hall–Kier alpha value is -1.06. The van der Waals surface area contributed by atoms with Crippen molar-refractivity contribution in [2.75, 3.05) is 0 Å². The van der Waals surface area contributed by atoms with Gasteiger partial charge in [0.25, 0.3) is 0 Å². The van der Waals surface area contributed by atoms with Gasteiger partial charge < -0.3 is 5.11 Å². The minimum absolute atomic E-state index is 0.534. The molecule has 3 nitrogen and oxygen atoms in total. The molecule has 0 aliphatic rings. The van der Waals surface area contributed by atoms with Crippen molar-refractivity contribution in [3.05, 3.63) is 34.3 Å². The van der Waals surface area contributed by atoms with Crippen LogP contribution in [0.5, 0.6) is 0 Å². The molecule has 0 spiro atoms. The van der Waals surface area contributed by atoms with Crippen LogP contribution in [-0.2, 0) is 11.3 Å². The average molecular weight is 270 g/mol. The third kappa shape index (κ3) is 3.72. The molecular formula is C14H20ClNO2. The van der Waals surface area contributed by atoms with Crippen molar-refractivity contribution >= 4 is 17.6 Å². The summed E-state index contributed by atoms with van der Waals surface area (Å²) in [5.74, 6) is -0.809. The summed E-state index contributed by atoms with van der Waals surface area (Å²) in [5.41, 5.74) is 1.27. The fraction of sp³-hybridized carbons (Fsp3) is 0.500. The molecule has 0 heterocycles. The van der Waals surface area contributed by atoms with E-state index in [1.165, 1.54) is 0 Å². The van der Waals surface area contributed by atoms with Crippen LogP contribution in [0, 0.1) is 6.92 Å². The Morgan fingerprint density at radius 2 is 2.17 bits per heavy atom. The maximum absolute atomic E-state index is 11.3. The highest BCUT2D eigenvalue weighted by Crippen LogP contribution is 2.18. The van der Waals surface area contributed by atoms with Gasteiger partial charge >= 0.3 is 5.97 Å². The van der Waals surface area contributed by atoms with Gasteiger partial charge in [-0.3, -0.25) is 10.1 Å². The fourth-order valence-corrected chi connectivity index (χ4v) is 2.15. The van der Waals surface area contributed by atoms with Crippen molar-refractivity contribution in [2.45, 2.75) is 45.7 Å². The number of rotatable bonds is 6. The number of hydrogen-bond acceptors (Lipinski definition) is 2. The first-order chi connectivity index (χ1) is 8.39. The molecule has 1 rings (SSSR count). The van der Waals surface area contributed by atoms with E-state index in [9.17, 15) is 9.90 Å². The molecular weight excluding hydrogens is 250 g/mol. The first-order valence-corrected chi connectivity index (χ1v) is 6.50.